The van der Waals surface area contributed by atoms with Crippen molar-refractivity contribution in [2.75, 3.05) is 7.11 Å². The minimum atomic E-state index is -0.603. The largest absolute Gasteiger partial charge is 0.497 e. The van der Waals surface area contributed by atoms with Gasteiger partial charge in [-0.05, 0) is 48.9 Å². The molecule has 0 saturated heterocycles. The first-order valence-electron chi connectivity index (χ1n) is 9.61. The molecule has 0 bridgehead atoms. The lowest BCUT2D eigenvalue weighted by atomic mass is 9.98. The van der Waals surface area contributed by atoms with Gasteiger partial charge in [0.25, 0.3) is 5.91 Å². The summed E-state index contributed by atoms with van der Waals surface area (Å²) in [5.41, 5.74) is 2.27. The molecule has 1 aliphatic rings. The lowest BCUT2D eigenvalue weighted by molar-refractivity contribution is 0.0701. The van der Waals surface area contributed by atoms with Crippen molar-refractivity contribution in [3.05, 3.63) is 99.3 Å². The monoisotopic (exact) mass is 401 g/mol. The SMILES string of the molecule is COc1cccc([C@@H]2c3c(oc4ccc(C)cc4c3=O)C(=O)N2Cc2ccco2)c1. The molecule has 150 valence electrons. The van der Waals surface area contributed by atoms with Crippen LogP contribution >= 0.6 is 0 Å². The Morgan fingerprint density at radius 1 is 1.07 bits per heavy atom. The van der Waals surface area contributed by atoms with Crippen LogP contribution in [0.25, 0.3) is 11.0 Å². The van der Waals surface area contributed by atoms with Crippen molar-refractivity contribution < 1.29 is 18.4 Å². The topological polar surface area (TPSA) is 72.9 Å². The van der Waals surface area contributed by atoms with E-state index in [0.29, 0.717) is 28.0 Å². The van der Waals surface area contributed by atoms with Gasteiger partial charge in [-0.1, -0.05) is 23.8 Å². The number of fused-ring (bicyclic) bond motifs is 2. The summed E-state index contributed by atoms with van der Waals surface area (Å²) in [6.07, 6.45) is 1.56. The van der Waals surface area contributed by atoms with Gasteiger partial charge in [0.05, 0.1) is 36.9 Å². The highest BCUT2D eigenvalue weighted by atomic mass is 16.5. The van der Waals surface area contributed by atoms with Gasteiger partial charge in [-0.3, -0.25) is 9.59 Å². The van der Waals surface area contributed by atoms with E-state index in [2.05, 4.69) is 0 Å². The first kappa shape index (κ1) is 18.2. The number of hydrogen-bond donors (Lipinski definition) is 0. The summed E-state index contributed by atoms with van der Waals surface area (Å²) >= 11 is 0. The number of hydrogen-bond acceptors (Lipinski definition) is 5. The molecule has 0 unspecified atom stereocenters. The molecule has 0 fully saturated rings. The smallest absolute Gasteiger partial charge is 0.291 e. The van der Waals surface area contributed by atoms with Crippen molar-refractivity contribution in [1.29, 1.82) is 0 Å². The van der Waals surface area contributed by atoms with Crippen LogP contribution in [0, 0.1) is 6.92 Å². The Morgan fingerprint density at radius 3 is 2.70 bits per heavy atom. The number of methoxy groups -OCH3 is 1. The van der Waals surface area contributed by atoms with Crippen molar-refractivity contribution in [2.45, 2.75) is 19.5 Å². The van der Waals surface area contributed by atoms with Gasteiger partial charge >= 0.3 is 0 Å². The second-order valence-corrected chi connectivity index (χ2v) is 7.37. The molecule has 1 aliphatic heterocycles. The van der Waals surface area contributed by atoms with Crippen LogP contribution in [0.5, 0.6) is 5.75 Å². The molecular weight excluding hydrogens is 382 g/mol. The third-order valence-corrected chi connectivity index (χ3v) is 5.44. The lowest BCUT2D eigenvalue weighted by Crippen LogP contribution is -2.29. The number of carbonyl (C=O) groups excluding carboxylic acids is 1. The number of aryl methyl sites for hydroxylation is 1. The third-order valence-electron chi connectivity index (χ3n) is 5.44. The van der Waals surface area contributed by atoms with Crippen LogP contribution in [0.1, 0.15) is 39.0 Å². The van der Waals surface area contributed by atoms with E-state index in [9.17, 15) is 9.59 Å². The lowest BCUT2D eigenvalue weighted by Gasteiger charge is -2.24. The van der Waals surface area contributed by atoms with Gasteiger partial charge in [-0.15, -0.1) is 0 Å². The van der Waals surface area contributed by atoms with Crippen LogP contribution in [-0.2, 0) is 6.54 Å². The second-order valence-electron chi connectivity index (χ2n) is 7.37. The fraction of sp³-hybridized carbons (Fsp3) is 0.167. The molecule has 2 aromatic carbocycles. The standard InChI is InChI=1S/C24H19NO5/c1-14-8-9-19-18(11-14)22(26)20-21(15-5-3-6-16(12-15)28-2)25(24(27)23(20)30-19)13-17-7-4-10-29-17/h3-12,21H,13H2,1-2H3/t21-/m1/s1. The normalized spacial score (nSPS) is 15.6. The highest BCUT2D eigenvalue weighted by Crippen LogP contribution is 2.40. The Morgan fingerprint density at radius 2 is 1.93 bits per heavy atom. The minimum absolute atomic E-state index is 0.0794. The number of ether oxygens (including phenoxy) is 1. The Labute approximate surface area is 172 Å². The van der Waals surface area contributed by atoms with Crippen LogP contribution in [0.15, 0.2) is 74.5 Å². The summed E-state index contributed by atoms with van der Waals surface area (Å²) in [7, 11) is 1.58. The van der Waals surface area contributed by atoms with E-state index >= 15 is 0 Å². The van der Waals surface area contributed by atoms with Crippen LogP contribution in [0.3, 0.4) is 0 Å². The molecule has 0 N–H and O–H groups in total. The molecule has 5 rings (SSSR count). The molecule has 2 aromatic heterocycles. The van der Waals surface area contributed by atoms with Gasteiger partial charge in [0, 0.05) is 0 Å². The molecule has 4 aromatic rings. The first-order valence-corrected chi connectivity index (χ1v) is 9.61. The summed E-state index contributed by atoms with van der Waals surface area (Å²) in [6.45, 7) is 2.13. The predicted octanol–water partition coefficient (Wildman–Crippen LogP) is 4.45. The van der Waals surface area contributed by atoms with Crippen molar-refractivity contribution in [2.24, 2.45) is 0 Å². The van der Waals surface area contributed by atoms with Crippen molar-refractivity contribution in [3.63, 3.8) is 0 Å². The molecule has 0 spiro atoms. The van der Waals surface area contributed by atoms with Crippen molar-refractivity contribution in [3.8, 4) is 5.75 Å². The summed E-state index contributed by atoms with van der Waals surface area (Å²) in [5, 5.41) is 0.467. The molecule has 1 amide bonds. The van der Waals surface area contributed by atoms with E-state index in [1.807, 2.05) is 37.3 Å². The van der Waals surface area contributed by atoms with Crippen molar-refractivity contribution >= 4 is 16.9 Å². The fourth-order valence-corrected chi connectivity index (χ4v) is 4.03. The van der Waals surface area contributed by atoms with Crippen molar-refractivity contribution in [1.82, 2.24) is 4.90 Å². The number of nitrogens with zero attached hydrogens (tertiary/aromatic N) is 1. The second kappa shape index (κ2) is 6.91. The van der Waals surface area contributed by atoms with Crippen LogP contribution in [0.2, 0.25) is 0 Å². The number of amides is 1. The van der Waals surface area contributed by atoms with Crippen LogP contribution < -0.4 is 10.2 Å². The van der Waals surface area contributed by atoms with Gasteiger partial charge in [-0.25, -0.2) is 0 Å². The zero-order valence-electron chi connectivity index (χ0n) is 16.5. The Balaban J connectivity index is 1.76. The number of benzene rings is 2. The number of carbonyl (C=O) groups is 1. The zero-order chi connectivity index (χ0) is 20.8. The zero-order valence-corrected chi connectivity index (χ0v) is 16.5. The van der Waals surface area contributed by atoms with Gasteiger partial charge < -0.3 is 18.5 Å². The highest BCUT2D eigenvalue weighted by Gasteiger charge is 2.43. The Bertz CT molecular complexity index is 1320. The maximum absolute atomic E-state index is 13.5. The Kier molecular flexibility index (Phi) is 4.20. The first-order chi connectivity index (χ1) is 14.6. The molecule has 0 aliphatic carbocycles. The average molecular weight is 401 g/mol. The van der Waals surface area contributed by atoms with Gasteiger partial charge in [0.2, 0.25) is 5.76 Å². The summed E-state index contributed by atoms with van der Waals surface area (Å²) in [6, 6.07) is 15.7. The average Bonchev–Trinajstić information content (AvgIpc) is 3.36. The van der Waals surface area contributed by atoms with E-state index < -0.39 is 6.04 Å². The van der Waals surface area contributed by atoms with E-state index in [0.717, 1.165) is 11.1 Å². The summed E-state index contributed by atoms with van der Waals surface area (Å²) < 4.78 is 16.8. The maximum atomic E-state index is 13.5. The van der Waals surface area contributed by atoms with E-state index in [4.69, 9.17) is 13.6 Å². The van der Waals surface area contributed by atoms with Gasteiger partial charge in [-0.2, -0.15) is 0 Å². The Hall–Kier alpha value is -3.80. The summed E-state index contributed by atoms with van der Waals surface area (Å²) in [4.78, 5) is 28.5. The molecular formula is C24H19NO5. The predicted molar refractivity (Wildman–Crippen MR) is 111 cm³/mol. The van der Waals surface area contributed by atoms with Gasteiger partial charge in [0.15, 0.2) is 5.43 Å². The van der Waals surface area contributed by atoms with E-state index in [1.54, 1.807) is 42.5 Å². The van der Waals surface area contributed by atoms with Gasteiger partial charge in [0.1, 0.15) is 17.1 Å². The highest BCUT2D eigenvalue weighted by molar-refractivity contribution is 5.99. The molecule has 0 saturated carbocycles. The summed E-state index contributed by atoms with van der Waals surface area (Å²) in [5.74, 6) is 1.01. The molecule has 30 heavy (non-hydrogen) atoms. The van der Waals surface area contributed by atoms with E-state index in [1.165, 1.54) is 0 Å². The maximum Gasteiger partial charge on any atom is 0.291 e. The fourth-order valence-electron chi connectivity index (χ4n) is 4.03. The molecule has 0 radical (unpaired) electrons. The molecule has 3 heterocycles. The molecule has 1 atom stereocenters. The quantitative estimate of drug-likeness (QED) is 0.505. The molecule has 6 nitrogen and oxygen atoms in total. The number of furan rings is 1. The van der Waals surface area contributed by atoms with Crippen LogP contribution in [0.4, 0.5) is 0 Å². The molecule has 6 heteroatoms. The van der Waals surface area contributed by atoms with Crippen LogP contribution in [-0.4, -0.2) is 17.9 Å². The third kappa shape index (κ3) is 2.80. The number of rotatable bonds is 4. The minimum Gasteiger partial charge on any atom is -0.497 e. The van der Waals surface area contributed by atoms with E-state index in [-0.39, 0.29) is 23.6 Å².